The van der Waals surface area contributed by atoms with Crippen LogP contribution in [0.2, 0.25) is 0 Å². The van der Waals surface area contributed by atoms with Gasteiger partial charge in [0.25, 0.3) is 0 Å². The molecule has 5 heteroatoms. The molecule has 0 aliphatic carbocycles. The van der Waals surface area contributed by atoms with E-state index >= 15 is 0 Å². The fourth-order valence-corrected chi connectivity index (χ4v) is 1.94. The molecule has 1 fully saturated rings. The molecular weight excluding hydrogens is 218 g/mol. The third-order valence-electron chi connectivity index (χ3n) is 2.66. The minimum absolute atomic E-state index is 0.0423. The van der Waals surface area contributed by atoms with Crippen molar-refractivity contribution in [1.82, 2.24) is 10.2 Å². The SMILES string of the molecule is CN=C(NC)N1CCC(C(=O)OC(C)(C)C)C1. The standard InChI is InChI=1S/C12H23N3O2/c1-12(2,3)17-10(16)9-6-7-15(8-9)11(13-4)14-5/h9H,6-8H2,1-5H3,(H,13,14). The number of carbonyl (C=O) groups excluding carboxylic acids is 1. The zero-order chi connectivity index (χ0) is 13.1. The summed E-state index contributed by atoms with van der Waals surface area (Å²) in [6.07, 6.45) is 0.829. The monoisotopic (exact) mass is 241 g/mol. The summed E-state index contributed by atoms with van der Waals surface area (Å²) in [5.41, 5.74) is -0.408. The number of likely N-dealkylation sites (tertiary alicyclic amines) is 1. The minimum Gasteiger partial charge on any atom is -0.460 e. The first-order valence-corrected chi connectivity index (χ1v) is 5.99. The molecule has 1 N–H and O–H groups in total. The van der Waals surface area contributed by atoms with Crippen molar-refractivity contribution >= 4 is 11.9 Å². The van der Waals surface area contributed by atoms with Crippen molar-refractivity contribution < 1.29 is 9.53 Å². The number of esters is 1. The molecule has 1 rings (SSSR count). The first kappa shape index (κ1) is 13.8. The van der Waals surface area contributed by atoms with Crippen molar-refractivity contribution in [3.8, 4) is 0 Å². The molecule has 0 bridgehead atoms. The predicted octanol–water partition coefficient (Wildman–Crippen LogP) is 0.855. The maximum absolute atomic E-state index is 11.9. The molecule has 0 aromatic heterocycles. The number of nitrogens with one attached hydrogen (secondary N) is 1. The average Bonchev–Trinajstić information content (AvgIpc) is 2.66. The molecule has 1 atom stereocenters. The molecule has 1 aliphatic heterocycles. The van der Waals surface area contributed by atoms with Crippen molar-refractivity contribution in [3.05, 3.63) is 0 Å². The lowest BCUT2D eigenvalue weighted by molar-refractivity contribution is -0.159. The van der Waals surface area contributed by atoms with E-state index in [0.29, 0.717) is 6.54 Å². The second kappa shape index (κ2) is 5.38. The minimum atomic E-state index is -0.408. The number of rotatable bonds is 1. The number of aliphatic imine (C=N–C) groups is 1. The summed E-state index contributed by atoms with van der Waals surface area (Å²) in [5, 5.41) is 3.03. The number of guanidine groups is 1. The fourth-order valence-electron chi connectivity index (χ4n) is 1.94. The van der Waals surface area contributed by atoms with Crippen LogP contribution in [-0.4, -0.2) is 49.6 Å². The van der Waals surface area contributed by atoms with Gasteiger partial charge >= 0.3 is 5.97 Å². The van der Waals surface area contributed by atoms with E-state index in [0.717, 1.165) is 18.9 Å². The van der Waals surface area contributed by atoms with Crippen molar-refractivity contribution in [1.29, 1.82) is 0 Å². The maximum atomic E-state index is 11.9. The van der Waals surface area contributed by atoms with Gasteiger partial charge in [0, 0.05) is 27.2 Å². The quantitative estimate of drug-likeness (QED) is 0.420. The topological polar surface area (TPSA) is 53.9 Å². The summed E-state index contributed by atoms with van der Waals surface area (Å²) in [7, 11) is 3.58. The molecular formula is C12H23N3O2. The number of hydrogen-bond donors (Lipinski definition) is 1. The van der Waals surface area contributed by atoms with Gasteiger partial charge in [-0.1, -0.05) is 0 Å². The fraction of sp³-hybridized carbons (Fsp3) is 0.833. The van der Waals surface area contributed by atoms with Crippen LogP contribution in [0.15, 0.2) is 4.99 Å². The Morgan fingerprint density at radius 2 is 2.12 bits per heavy atom. The summed E-state index contributed by atoms with van der Waals surface area (Å²) in [5.74, 6) is 0.682. The Labute approximate surface area is 103 Å². The predicted molar refractivity (Wildman–Crippen MR) is 67.9 cm³/mol. The first-order chi connectivity index (χ1) is 7.87. The number of nitrogens with zero attached hydrogens (tertiary/aromatic N) is 2. The smallest absolute Gasteiger partial charge is 0.311 e. The van der Waals surface area contributed by atoms with E-state index in [9.17, 15) is 4.79 Å². The van der Waals surface area contributed by atoms with Gasteiger partial charge in [-0.15, -0.1) is 0 Å². The molecule has 0 aromatic rings. The highest BCUT2D eigenvalue weighted by molar-refractivity contribution is 5.81. The third kappa shape index (κ3) is 3.91. The highest BCUT2D eigenvalue weighted by atomic mass is 16.6. The van der Waals surface area contributed by atoms with E-state index in [-0.39, 0.29) is 11.9 Å². The molecule has 17 heavy (non-hydrogen) atoms. The highest BCUT2D eigenvalue weighted by Crippen LogP contribution is 2.20. The molecule has 0 radical (unpaired) electrons. The van der Waals surface area contributed by atoms with Gasteiger partial charge in [-0.05, 0) is 27.2 Å². The van der Waals surface area contributed by atoms with E-state index in [2.05, 4.69) is 15.2 Å². The summed E-state index contributed by atoms with van der Waals surface area (Å²) in [6, 6.07) is 0. The molecule has 0 spiro atoms. The molecule has 1 saturated heterocycles. The Hall–Kier alpha value is -1.26. The van der Waals surface area contributed by atoms with Crippen LogP contribution in [-0.2, 0) is 9.53 Å². The highest BCUT2D eigenvalue weighted by Gasteiger charge is 2.32. The van der Waals surface area contributed by atoms with Gasteiger partial charge in [0.2, 0.25) is 0 Å². The van der Waals surface area contributed by atoms with Gasteiger partial charge in [-0.2, -0.15) is 0 Å². The van der Waals surface area contributed by atoms with Crippen LogP contribution in [0, 0.1) is 5.92 Å². The Kier molecular flexibility index (Phi) is 4.37. The van der Waals surface area contributed by atoms with Crippen molar-refractivity contribution in [2.45, 2.75) is 32.8 Å². The van der Waals surface area contributed by atoms with Crippen LogP contribution in [0.25, 0.3) is 0 Å². The van der Waals surface area contributed by atoms with Gasteiger partial charge in [0.15, 0.2) is 5.96 Å². The molecule has 0 saturated carbocycles. The second-order valence-electron chi connectivity index (χ2n) is 5.26. The lowest BCUT2D eigenvalue weighted by Crippen LogP contribution is -2.39. The van der Waals surface area contributed by atoms with Gasteiger partial charge in [0.05, 0.1) is 5.92 Å². The van der Waals surface area contributed by atoms with Crippen molar-refractivity contribution in [3.63, 3.8) is 0 Å². The Morgan fingerprint density at radius 1 is 1.47 bits per heavy atom. The van der Waals surface area contributed by atoms with Crippen LogP contribution in [0.3, 0.4) is 0 Å². The molecule has 1 unspecified atom stereocenters. The number of hydrogen-bond acceptors (Lipinski definition) is 3. The van der Waals surface area contributed by atoms with E-state index < -0.39 is 5.60 Å². The molecule has 0 amide bonds. The summed E-state index contributed by atoms with van der Waals surface area (Å²) >= 11 is 0. The first-order valence-electron chi connectivity index (χ1n) is 5.99. The Morgan fingerprint density at radius 3 is 2.59 bits per heavy atom. The van der Waals surface area contributed by atoms with Gasteiger partial charge < -0.3 is 15.0 Å². The van der Waals surface area contributed by atoms with Gasteiger partial charge in [-0.25, -0.2) is 0 Å². The van der Waals surface area contributed by atoms with E-state index in [1.165, 1.54) is 0 Å². The van der Waals surface area contributed by atoms with Crippen LogP contribution in [0.4, 0.5) is 0 Å². The van der Waals surface area contributed by atoms with Crippen LogP contribution in [0.1, 0.15) is 27.2 Å². The van der Waals surface area contributed by atoms with Crippen LogP contribution in [0.5, 0.6) is 0 Å². The molecule has 1 heterocycles. The lowest BCUT2D eigenvalue weighted by Gasteiger charge is -2.23. The molecule has 98 valence electrons. The Bertz CT molecular complexity index is 307. The molecule has 0 aromatic carbocycles. The van der Waals surface area contributed by atoms with Gasteiger partial charge in [-0.3, -0.25) is 9.79 Å². The summed E-state index contributed by atoms with van der Waals surface area (Å²) in [6.45, 7) is 7.21. The molecule has 5 nitrogen and oxygen atoms in total. The summed E-state index contributed by atoms with van der Waals surface area (Å²) in [4.78, 5) is 18.1. The van der Waals surface area contributed by atoms with Crippen LogP contribution < -0.4 is 5.32 Å². The van der Waals surface area contributed by atoms with Crippen molar-refractivity contribution in [2.75, 3.05) is 27.2 Å². The number of ether oxygens (including phenoxy) is 1. The van der Waals surface area contributed by atoms with Crippen LogP contribution >= 0.6 is 0 Å². The van der Waals surface area contributed by atoms with E-state index in [1.807, 2.05) is 27.8 Å². The Balaban J connectivity index is 2.53. The van der Waals surface area contributed by atoms with E-state index in [4.69, 9.17) is 4.74 Å². The normalized spacial score (nSPS) is 21.6. The lowest BCUT2D eigenvalue weighted by atomic mass is 10.1. The van der Waals surface area contributed by atoms with Gasteiger partial charge in [0.1, 0.15) is 5.60 Å². The summed E-state index contributed by atoms with van der Waals surface area (Å²) < 4.78 is 5.39. The maximum Gasteiger partial charge on any atom is 0.311 e. The largest absolute Gasteiger partial charge is 0.460 e. The van der Waals surface area contributed by atoms with Crippen molar-refractivity contribution in [2.24, 2.45) is 10.9 Å². The average molecular weight is 241 g/mol. The number of carbonyl (C=O) groups is 1. The van der Waals surface area contributed by atoms with E-state index in [1.54, 1.807) is 7.05 Å². The third-order valence-corrected chi connectivity index (χ3v) is 2.66. The zero-order valence-electron chi connectivity index (χ0n) is 11.4. The zero-order valence-corrected chi connectivity index (χ0v) is 11.4. The molecule has 1 aliphatic rings. The second-order valence-corrected chi connectivity index (χ2v) is 5.26.